The number of nitrogens with two attached hydrogens (primary N) is 1. The Labute approximate surface area is 288 Å². The van der Waals surface area contributed by atoms with Gasteiger partial charge in [0.15, 0.2) is 12.1 Å². The third-order valence-corrected chi connectivity index (χ3v) is 11.6. The summed E-state index contributed by atoms with van der Waals surface area (Å²) in [6, 6.07) is 6.87. The van der Waals surface area contributed by atoms with E-state index < -0.39 is 36.4 Å². The summed E-state index contributed by atoms with van der Waals surface area (Å²) in [7, 11) is 3.04. The predicted molar refractivity (Wildman–Crippen MR) is 181 cm³/mol. The summed E-state index contributed by atoms with van der Waals surface area (Å²) >= 11 is 0. The maximum Gasteiger partial charge on any atom is 0.306 e. The number of allylic oxidation sites excluding steroid dienone is 2. The number of nitrogen functional groups attached to an aromatic ring is 1. The molecule has 12 nitrogen and oxygen atoms in total. The summed E-state index contributed by atoms with van der Waals surface area (Å²) in [5.41, 5.74) is 8.68. The Hall–Kier alpha value is -3.16. The number of carbonyl (C=O) groups excluding carboxylic acids is 2. The molecule has 1 aliphatic heterocycles. The van der Waals surface area contributed by atoms with E-state index in [2.05, 4.69) is 16.4 Å². The number of aliphatic hydroxyl groups excluding tert-OH is 2. The lowest BCUT2D eigenvalue weighted by molar-refractivity contribution is -0.204. The summed E-state index contributed by atoms with van der Waals surface area (Å²) in [5, 5.41) is 32.4. The van der Waals surface area contributed by atoms with Crippen molar-refractivity contribution in [3.05, 3.63) is 42.1 Å². The van der Waals surface area contributed by atoms with Crippen LogP contribution in [0.1, 0.15) is 71.3 Å². The zero-order valence-electron chi connectivity index (χ0n) is 29.0. The summed E-state index contributed by atoms with van der Waals surface area (Å²) in [4.78, 5) is 27.6. The van der Waals surface area contributed by atoms with Crippen molar-refractivity contribution in [1.82, 2.24) is 15.0 Å². The number of benzene rings is 1. The molecule has 4 N–H and O–H groups in total. The van der Waals surface area contributed by atoms with Gasteiger partial charge < -0.3 is 34.9 Å². The highest BCUT2D eigenvalue weighted by molar-refractivity contribution is 5.98. The number of ether oxygens (including phenoxy) is 4. The number of anilines is 1. The van der Waals surface area contributed by atoms with Crippen molar-refractivity contribution in [3.8, 4) is 11.3 Å². The van der Waals surface area contributed by atoms with Crippen LogP contribution in [0.2, 0.25) is 0 Å². The fourth-order valence-electron chi connectivity index (χ4n) is 9.06. The van der Waals surface area contributed by atoms with E-state index in [1.807, 2.05) is 32.2 Å². The molecule has 0 spiro atoms. The van der Waals surface area contributed by atoms with Gasteiger partial charge in [-0.1, -0.05) is 43.7 Å². The van der Waals surface area contributed by atoms with E-state index in [9.17, 15) is 19.8 Å². The van der Waals surface area contributed by atoms with Crippen LogP contribution in [0.25, 0.3) is 11.3 Å². The van der Waals surface area contributed by atoms with Crippen LogP contribution in [0.15, 0.2) is 42.1 Å². The lowest BCUT2D eigenvalue weighted by Gasteiger charge is -2.46. The molecule has 4 unspecified atom stereocenters. The maximum atomic E-state index is 14.1. The minimum absolute atomic E-state index is 0.0126. The number of hydrogen-bond donors (Lipinski definition) is 3. The van der Waals surface area contributed by atoms with Crippen LogP contribution in [-0.2, 0) is 28.5 Å². The zero-order chi connectivity index (χ0) is 34.8. The molecule has 0 amide bonds. The zero-order valence-corrected chi connectivity index (χ0v) is 29.0. The molecule has 4 aliphatic rings. The van der Waals surface area contributed by atoms with Gasteiger partial charge in [-0.2, -0.15) is 0 Å². The number of ketones is 1. The van der Waals surface area contributed by atoms with Crippen LogP contribution in [0.4, 0.5) is 5.69 Å². The molecule has 12 atom stereocenters. The third kappa shape index (κ3) is 7.35. The molecule has 2 heterocycles. The van der Waals surface area contributed by atoms with Crippen LogP contribution < -0.4 is 5.73 Å². The fourth-order valence-corrected chi connectivity index (χ4v) is 9.06. The lowest BCUT2D eigenvalue weighted by Crippen LogP contribution is -2.49. The Morgan fingerprint density at radius 3 is 2.55 bits per heavy atom. The monoisotopic (exact) mass is 680 g/mol. The Kier molecular flexibility index (Phi) is 11.2. The number of methoxy groups -OCH3 is 2. The molecule has 268 valence electrons. The number of cyclic esters (lactones) is 1. The van der Waals surface area contributed by atoms with E-state index in [0.29, 0.717) is 29.8 Å². The number of nitrogens with zero attached hydrogens (tertiary/aromatic N) is 3. The average Bonchev–Trinajstić information content (AvgIpc) is 3.82. The number of hydrogen-bond acceptors (Lipinski definition) is 11. The molecule has 2 saturated carbocycles. The Morgan fingerprint density at radius 1 is 1.10 bits per heavy atom. The van der Waals surface area contributed by atoms with Crippen LogP contribution in [0.3, 0.4) is 0 Å². The van der Waals surface area contributed by atoms with Crippen molar-refractivity contribution >= 4 is 17.4 Å². The smallest absolute Gasteiger partial charge is 0.306 e. The molecule has 0 bridgehead atoms. The van der Waals surface area contributed by atoms with Crippen molar-refractivity contribution in [3.63, 3.8) is 0 Å². The largest absolute Gasteiger partial charge is 0.462 e. The summed E-state index contributed by atoms with van der Waals surface area (Å²) < 4.78 is 24.6. The van der Waals surface area contributed by atoms with Gasteiger partial charge in [0.2, 0.25) is 0 Å². The molecule has 2 aromatic rings. The van der Waals surface area contributed by atoms with Gasteiger partial charge in [-0.25, -0.2) is 4.68 Å². The van der Waals surface area contributed by atoms with Gasteiger partial charge in [-0.15, -0.1) is 5.10 Å². The number of aliphatic hydroxyl groups is 2. The van der Waals surface area contributed by atoms with Gasteiger partial charge in [-0.05, 0) is 74.0 Å². The molecule has 6 rings (SSSR count). The highest BCUT2D eigenvalue weighted by Gasteiger charge is 2.59. The number of fused-ring (bicyclic) bond motifs is 5. The molecule has 49 heavy (non-hydrogen) atoms. The number of Topliss-reactive ketones (excluding diaryl/α,β-unsaturated/α-hetero) is 1. The lowest BCUT2D eigenvalue weighted by atomic mass is 9.62. The van der Waals surface area contributed by atoms with Gasteiger partial charge in [0.1, 0.15) is 17.9 Å². The predicted octanol–water partition coefficient (Wildman–Crippen LogP) is 4.11. The van der Waals surface area contributed by atoms with Gasteiger partial charge in [0, 0.05) is 43.2 Å². The third-order valence-electron chi connectivity index (χ3n) is 11.6. The van der Waals surface area contributed by atoms with E-state index in [1.54, 1.807) is 16.8 Å². The summed E-state index contributed by atoms with van der Waals surface area (Å²) in [6.45, 7) is 4.17. The van der Waals surface area contributed by atoms with Crippen molar-refractivity contribution < 1.29 is 38.7 Å². The van der Waals surface area contributed by atoms with E-state index >= 15 is 0 Å². The topological polar surface area (TPSA) is 168 Å². The molecule has 12 heteroatoms. The molecule has 3 fully saturated rings. The van der Waals surface area contributed by atoms with E-state index in [4.69, 9.17) is 24.7 Å². The second kappa shape index (κ2) is 15.4. The first kappa shape index (κ1) is 35.7. The Morgan fingerprint density at radius 2 is 1.84 bits per heavy atom. The standard InChI is InChI=1S/C37H52N4O8/c1-5-23-9-7-6-8-20(2)35(43)29-16-26-25-14-24(49-37(45)31(47-4)19-46-3)15-28(25)34(36(44)33(26)27(29)17-32(42)48-23)41-18-30(39-40-41)21-10-12-22(38)13-11-21/h10-13,16,18,20,23-28,31,33-34,36-37,44-45H,5-9,14-15,17,19,38H2,1-4H3/t20-,23+,24+,25+,26?,27-,28-,31+,33-,34?,36?,37?/m1/s1. The summed E-state index contributed by atoms with van der Waals surface area (Å²) in [6.07, 6.45) is 5.82. The second-order valence-corrected chi connectivity index (χ2v) is 14.5. The Bertz CT molecular complexity index is 1480. The molecule has 1 aromatic carbocycles. The van der Waals surface area contributed by atoms with Gasteiger partial charge in [0.05, 0.1) is 37.5 Å². The highest BCUT2D eigenvalue weighted by atomic mass is 16.6. The van der Waals surface area contributed by atoms with Gasteiger partial charge >= 0.3 is 5.97 Å². The molecule has 3 aliphatic carbocycles. The van der Waals surface area contributed by atoms with Crippen molar-refractivity contribution in [2.24, 2.45) is 35.5 Å². The molecular formula is C37H52N4O8. The first-order chi connectivity index (χ1) is 23.6. The van der Waals surface area contributed by atoms with E-state index in [1.165, 1.54) is 14.2 Å². The molecule has 1 aromatic heterocycles. The van der Waals surface area contributed by atoms with Gasteiger partial charge in [-0.3, -0.25) is 9.59 Å². The fraction of sp³-hybridized carbons (Fsp3) is 0.676. The SMILES string of the molecule is CC[C@H]1CCCC[C@@H](C)C(=O)C2=CC3[C@@H](C(O)C(n4cc(-c5ccc(N)cc5)nn4)[C@@H]4C[C@@H](OC(O)[C@H](COC)OC)C[C@@H]34)[C@@H]2CC(=O)O1. The minimum Gasteiger partial charge on any atom is -0.462 e. The molecular weight excluding hydrogens is 628 g/mol. The average molecular weight is 681 g/mol. The van der Waals surface area contributed by atoms with Crippen LogP contribution >= 0.6 is 0 Å². The minimum atomic E-state index is -1.21. The molecule has 1 saturated heterocycles. The van der Waals surface area contributed by atoms with Crippen LogP contribution in [-0.4, -0.2) is 88.5 Å². The van der Waals surface area contributed by atoms with Gasteiger partial charge in [0.25, 0.3) is 0 Å². The maximum absolute atomic E-state index is 14.1. The normalized spacial score (nSPS) is 34.9. The number of aromatic nitrogens is 3. The van der Waals surface area contributed by atoms with Crippen molar-refractivity contribution in [1.29, 1.82) is 0 Å². The highest BCUT2D eigenvalue weighted by Crippen LogP contribution is 2.59. The Balaban J connectivity index is 1.37. The summed E-state index contributed by atoms with van der Waals surface area (Å²) in [5.74, 6) is -1.67. The van der Waals surface area contributed by atoms with Crippen molar-refractivity contribution in [2.45, 2.75) is 102 Å². The number of carbonyl (C=O) groups is 2. The van der Waals surface area contributed by atoms with E-state index in [-0.39, 0.29) is 60.7 Å². The number of rotatable bonds is 9. The second-order valence-electron chi connectivity index (χ2n) is 14.5. The first-order valence-corrected chi connectivity index (χ1v) is 17.9. The number of esters is 1. The quantitative estimate of drug-likeness (QED) is 0.198. The van der Waals surface area contributed by atoms with E-state index in [0.717, 1.165) is 37.7 Å². The van der Waals surface area contributed by atoms with Crippen molar-refractivity contribution in [2.75, 3.05) is 26.6 Å². The van der Waals surface area contributed by atoms with Crippen LogP contribution in [0, 0.1) is 35.5 Å². The van der Waals surface area contributed by atoms with Crippen LogP contribution in [0.5, 0.6) is 0 Å². The first-order valence-electron chi connectivity index (χ1n) is 17.9. The molecule has 0 radical (unpaired) electrons.